The molecule has 0 aromatic carbocycles. The smallest absolute Gasteiger partial charge is 0.230 e. The van der Waals surface area contributed by atoms with Crippen LogP contribution in [0.3, 0.4) is 0 Å². The minimum absolute atomic E-state index is 0.0364. The predicted molar refractivity (Wildman–Crippen MR) is 85.9 cm³/mol. The molecule has 1 aromatic rings. The van der Waals surface area contributed by atoms with Crippen LogP contribution >= 0.6 is 11.8 Å². The second-order valence-corrected chi connectivity index (χ2v) is 6.69. The van der Waals surface area contributed by atoms with Gasteiger partial charge in [0.15, 0.2) is 5.16 Å². The molecular formula is C14H27N5OS. The molecule has 3 N–H and O–H groups in total. The number of nitrogens with two attached hydrogens (primary N) is 1. The summed E-state index contributed by atoms with van der Waals surface area (Å²) >= 11 is 1.38. The molecule has 1 rings (SSSR count). The van der Waals surface area contributed by atoms with Gasteiger partial charge in [0.2, 0.25) is 5.91 Å². The van der Waals surface area contributed by atoms with E-state index in [1.165, 1.54) is 18.2 Å². The van der Waals surface area contributed by atoms with Gasteiger partial charge in [-0.3, -0.25) is 4.79 Å². The Balaban J connectivity index is 2.28. The highest BCUT2D eigenvalue weighted by molar-refractivity contribution is 7.99. The molecule has 0 aliphatic carbocycles. The quantitative estimate of drug-likeness (QED) is 0.678. The van der Waals surface area contributed by atoms with Crippen LogP contribution in [0, 0.1) is 5.92 Å². The van der Waals surface area contributed by atoms with E-state index in [-0.39, 0.29) is 11.9 Å². The molecule has 0 saturated heterocycles. The number of amides is 1. The SMILES string of the molecule is CC(C)CCCC(C)NC(=O)CSc1nnc(CN)n1C. The van der Waals surface area contributed by atoms with Crippen LogP contribution in [0.4, 0.5) is 0 Å². The first-order chi connectivity index (χ1) is 9.93. The lowest BCUT2D eigenvalue weighted by Gasteiger charge is -2.14. The molecule has 0 fully saturated rings. The molecule has 1 heterocycles. The fourth-order valence-electron chi connectivity index (χ4n) is 2.00. The van der Waals surface area contributed by atoms with E-state index in [9.17, 15) is 4.79 Å². The van der Waals surface area contributed by atoms with Crippen LogP contribution in [0.25, 0.3) is 0 Å². The second kappa shape index (κ2) is 9.04. The summed E-state index contributed by atoms with van der Waals surface area (Å²) in [4.78, 5) is 11.9. The Morgan fingerprint density at radius 3 is 2.62 bits per heavy atom. The Kier molecular flexibility index (Phi) is 7.74. The number of aromatic nitrogens is 3. The van der Waals surface area contributed by atoms with E-state index in [1.807, 2.05) is 11.6 Å². The zero-order valence-electron chi connectivity index (χ0n) is 13.4. The molecule has 1 atom stereocenters. The van der Waals surface area contributed by atoms with Gasteiger partial charge in [-0.1, -0.05) is 38.5 Å². The Labute approximate surface area is 131 Å². The van der Waals surface area contributed by atoms with E-state index in [1.54, 1.807) is 0 Å². The lowest BCUT2D eigenvalue weighted by molar-refractivity contribution is -0.119. The maximum atomic E-state index is 11.9. The van der Waals surface area contributed by atoms with Crippen LogP contribution in [0.5, 0.6) is 0 Å². The first-order valence-electron chi connectivity index (χ1n) is 7.44. The zero-order valence-corrected chi connectivity index (χ0v) is 14.2. The molecule has 0 aliphatic heterocycles. The largest absolute Gasteiger partial charge is 0.353 e. The molecule has 120 valence electrons. The van der Waals surface area contributed by atoms with Gasteiger partial charge in [-0.05, 0) is 19.3 Å². The van der Waals surface area contributed by atoms with Gasteiger partial charge >= 0.3 is 0 Å². The van der Waals surface area contributed by atoms with Crippen molar-refractivity contribution in [2.45, 2.75) is 57.8 Å². The van der Waals surface area contributed by atoms with Crippen LogP contribution in [-0.2, 0) is 18.4 Å². The Bertz CT molecular complexity index is 447. The Hall–Kier alpha value is -1.08. The fourth-order valence-corrected chi connectivity index (χ4v) is 2.74. The minimum Gasteiger partial charge on any atom is -0.353 e. The molecule has 0 aliphatic rings. The van der Waals surface area contributed by atoms with Crippen molar-refractivity contribution >= 4 is 17.7 Å². The van der Waals surface area contributed by atoms with E-state index in [2.05, 4.69) is 36.3 Å². The molecule has 1 unspecified atom stereocenters. The average Bonchev–Trinajstić information content (AvgIpc) is 2.76. The Morgan fingerprint density at radius 1 is 1.33 bits per heavy atom. The van der Waals surface area contributed by atoms with Gasteiger partial charge in [-0.2, -0.15) is 0 Å². The molecule has 1 amide bonds. The van der Waals surface area contributed by atoms with Crippen LogP contribution in [-0.4, -0.2) is 32.5 Å². The molecule has 21 heavy (non-hydrogen) atoms. The van der Waals surface area contributed by atoms with Crippen molar-refractivity contribution in [3.05, 3.63) is 5.82 Å². The summed E-state index contributed by atoms with van der Waals surface area (Å²) < 4.78 is 1.82. The van der Waals surface area contributed by atoms with Crippen molar-refractivity contribution in [1.29, 1.82) is 0 Å². The first kappa shape index (κ1) is 18.0. The van der Waals surface area contributed by atoms with E-state index in [4.69, 9.17) is 5.73 Å². The Morgan fingerprint density at radius 2 is 2.05 bits per heavy atom. The number of carbonyl (C=O) groups excluding carboxylic acids is 1. The van der Waals surface area contributed by atoms with Crippen LogP contribution < -0.4 is 11.1 Å². The fraction of sp³-hybridized carbons (Fsp3) is 0.786. The van der Waals surface area contributed by atoms with Crippen molar-refractivity contribution in [2.24, 2.45) is 18.7 Å². The summed E-state index contributed by atoms with van der Waals surface area (Å²) in [5.74, 6) is 1.83. The molecule has 0 saturated carbocycles. The van der Waals surface area contributed by atoms with Gasteiger partial charge in [0.25, 0.3) is 0 Å². The summed E-state index contributed by atoms with van der Waals surface area (Å²) in [6.07, 6.45) is 3.38. The lowest BCUT2D eigenvalue weighted by Crippen LogP contribution is -2.33. The van der Waals surface area contributed by atoms with Crippen molar-refractivity contribution < 1.29 is 4.79 Å². The van der Waals surface area contributed by atoms with Gasteiger partial charge in [0, 0.05) is 13.1 Å². The maximum Gasteiger partial charge on any atom is 0.230 e. The number of carbonyl (C=O) groups is 1. The molecular weight excluding hydrogens is 286 g/mol. The van der Waals surface area contributed by atoms with Gasteiger partial charge in [-0.25, -0.2) is 0 Å². The van der Waals surface area contributed by atoms with Gasteiger partial charge in [0.1, 0.15) is 5.82 Å². The van der Waals surface area contributed by atoms with Crippen LogP contribution in [0.2, 0.25) is 0 Å². The van der Waals surface area contributed by atoms with Crippen molar-refractivity contribution in [2.75, 3.05) is 5.75 Å². The van der Waals surface area contributed by atoms with Crippen molar-refractivity contribution in [3.63, 3.8) is 0 Å². The van der Waals surface area contributed by atoms with Crippen LogP contribution in [0.15, 0.2) is 5.16 Å². The van der Waals surface area contributed by atoms with Crippen LogP contribution in [0.1, 0.15) is 45.9 Å². The molecule has 7 heteroatoms. The lowest BCUT2D eigenvalue weighted by atomic mass is 10.0. The molecule has 6 nitrogen and oxygen atoms in total. The minimum atomic E-state index is 0.0364. The third-order valence-electron chi connectivity index (χ3n) is 3.27. The highest BCUT2D eigenvalue weighted by Crippen LogP contribution is 2.15. The summed E-state index contributed by atoms with van der Waals surface area (Å²) in [6.45, 7) is 6.84. The second-order valence-electron chi connectivity index (χ2n) is 5.74. The number of hydrogen-bond donors (Lipinski definition) is 2. The van der Waals surface area contributed by atoms with E-state index in [0.717, 1.165) is 29.7 Å². The third-order valence-corrected chi connectivity index (χ3v) is 4.29. The standard InChI is InChI=1S/C14H27N5OS/c1-10(2)6-5-7-11(3)16-13(20)9-21-14-18-17-12(8-15)19(14)4/h10-11H,5-9,15H2,1-4H3,(H,16,20). The molecule has 0 spiro atoms. The average molecular weight is 313 g/mol. The number of nitrogens with zero attached hydrogens (tertiary/aromatic N) is 3. The summed E-state index contributed by atoms with van der Waals surface area (Å²) in [6, 6.07) is 0.218. The van der Waals surface area contributed by atoms with Crippen molar-refractivity contribution in [3.8, 4) is 0 Å². The highest BCUT2D eigenvalue weighted by Gasteiger charge is 2.12. The monoisotopic (exact) mass is 313 g/mol. The number of hydrogen-bond acceptors (Lipinski definition) is 5. The van der Waals surface area contributed by atoms with E-state index in [0.29, 0.717) is 12.3 Å². The van der Waals surface area contributed by atoms with Gasteiger partial charge in [0.05, 0.1) is 12.3 Å². The normalized spacial score (nSPS) is 12.7. The highest BCUT2D eigenvalue weighted by atomic mass is 32.2. The topological polar surface area (TPSA) is 85.8 Å². The number of rotatable bonds is 9. The molecule has 0 radical (unpaired) electrons. The van der Waals surface area contributed by atoms with Crippen molar-refractivity contribution in [1.82, 2.24) is 20.1 Å². The molecule has 1 aromatic heterocycles. The van der Waals surface area contributed by atoms with Gasteiger partial charge in [-0.15, -0.1) is 10.2 Å². The summed E-state index contributed by atoms with van der Waals surface area (Å²) in [5.41, 5.74) is 5.54. The van der Waals surface area contributed by atoms with E-state index < -0.39 is 0 Å². The predicted octanol–water partition coefficient (Wildman–Crippen LogP) is 1.70. The summed E-state index contributed by atoms with van der Waals surface area (Å²) in [5, 5.41) is 11.7. The number of thioether (sulfide) groups is 1. The first-order valence-corrected chi connectivity index (χ1v) is 8.43. The summed E-state index contributed by atoms with van der Waals surface area (Å²) in [7, 11) is 1.86. The maximum absolute atomic E-state index is 11.9. The van der Waals surface area contributed by atoms with Gasteiger partial charge < -0.3 is 15.6 Å². The zero-order chi connectivity index (χ0) is 15.8. The molecule has 0 bridgehead atoms. The number of nitrogens with one attached hydrogen (secondary N) is 1. The van der Waals surface area contributed by atoms with E-state index >= 15 is 0 Å². The third kappa shape index (κ3) is 6.48.